The van der Waals surface area contributed by atoms with Crippen molar-refractivity contribution in [1.29, 1.82) is 0 Å². The molecule has 2 aromatic heterocycles. The maximum absolute atomic E-state index is 15.1. The van der Waals surface area contributed by atoms with Crippen molar-refractivity contribution in [3.8, 4) is 0 Å². The summed E-state index contributed by atoms with van der Waals surface area (Å²) in [5, 5.41) is 2.71. The Balaban J connectivity index is 1.21. The number of nitrogens with one attached hydrogen (secondary N) is 1. The third-order valence-corrected chi connectivity index (χ3v) is 7.73. The quantitative estimate of drug-likeness (QED) is 0.482. The van der Waals surface area contributed by atoms with Gasteiger partial charge in [0.25, 0.3) is 0 Å². The summed E-state index contributed by atoms with van der Waals surface area (Å²) in [6.45, 7) is 11.3. The first-order valence-corrected chi connectivity index (χ1v) is 13.3. The van der Waals surface area contributed by atoms with Crippen LogP contribution >= 0.6 is 0 Å². The van der Waals surface area contributed by atoms with E-state index in [-0.39, 0.29) is 17.3 Å². The Morgan fingerprint density at radius 2 is 1.95 bits per heavy atom. The first kappa shape index (κ1) is 25.4. The molecular formula is C28H33FN6O4. The molecule has 0 bridgehead atoms. The highest BCUT2D eigenvalue weighted by Gasteiger charge is 2.54. The van der Waals surface area contributed by atoms with Gasteiger partial charge in [0.1, 0.15) is 16.9 Å². The molecule has 1 N–H and O–H groups in total. The second kappa shape index (κ2) is 8.82. The standard InChI is InChI=1S/C28H33FN6O4/c1-16-22(29)19(14-21-23(16)31-17(2)38-21)32-25(36)34-11-7-18-20(6-10-30-24(18)34)33-12-13-35(28(15-33)8-9-28)26(37)39-27(3,4)5/h6,10,14H,7-9,11-13,15H2,1-5H3,(H,32,36). The molecule has 1 aliphatic carbocycles. The van der Waals surface area contributed by atoms with E-state index in [1.807, 2.05) is 31.7 Å². The van der Waals surface area contributed by atoms with Crippen molar-refractivity contribution in [2.24, 2.45) is 0 Å². The number of hydrogen-bond donors (Lipinski definition) is 1. The predicted molar refractivity (Wildman–Crippen MR) is 145 cm³/mol. The topological polar surface area (TPSA) is 104 Å². The van der Waals surface area contributed by atoms with Gasteiger partial charge >= 0.3 is 12.1 Å². The second-order valence-electron chi connectivity index (χ2n) is 11.7. The number of carbonyl (C=O) groups excluding carboxylic acids is 2. The van der Waals surface area contributed by atoms with E-state index >= 15 is 4.39 Å². The van der Waals surface area contributed by atoms with Gasteiger partial charge in [-0.3, -0.25) is 9.80 Å². The van der Waals surface area contributed by atoms with Crippen LogP contribution < -0.4 is 15.1 Å². The zero-order chi connectivity index (χ0) is 27.7. The number of urea groups is 1. The van der Waals surface area contributed by atoms with Crippen LogP contribution in [0, 0.1) is 19.7 Å². The maximum atomic E-state index is 15.1. The zero-order valence-electron chi connectivity index (χ0n) is 22.9. The van der Waals surface area contributed by atoms with E-state index in [1.165, 1.54) is 6.07 Å². The Labute approximate surface area is 226 Å². The van der Waals surface area contributed by atoms with Gasteiger partial charge in [0.05, 0.1) is 11.2 Å². The predicted octanol–water partition coefficient (Wildman–Crippen LogP) is 5.16. The molecule has 4 heterocycles. The fraction of sp³-hybridized carbons (Fsp3) is 0.500. The van der Waals surface area contributed by atoms with Crippen molar-refractivity contribution in [1.82, 2.24) is 14.9 Å². The number of benzene rings is 1. The molecule has 0 radical (unpaired) electrons. The van der Waals surface area contributed by atoms with Crippen LogP contribution in [0.4, 0.5) is 31.2 Å². The highest BCUT2D eigenvalue weighted by molar-refractivity contribution is 6.04. The van der Waals surface area contributed by atoms with Gasteiger partial charge in [-0.2, -0.15) is 0 Å². The lowest BCUT2D eigenvalue weighted by Crippen LogP contribution is -2.58. The molecule has 3 aliphatic rings. The molecule has 206 valence electrons. The number of hydrogen-bond acceptors (Lipinski definition) is 7. The summed E-state index contributed by atoms with van der Waals surface area (Å²) in [5.74, 6) is 0.460. The summed E-state index contributed by atoms with van der Waals surface area (Å²) in [7, 11) is 0. The summed E-state index contributed by atoms with van der Waals surface area (Å²) >= 11 is 0. The molecule has 3 amide bonds. The number of ether oxygens (including phenoxy) is 1. The van der Waals surface area contributed by atoms with Gasteiger partial charge in [-0.25, -0.2) is 23.9 Å². The Bertz CT molecular complexity index is 1490. The molecule has 1 saturated carbocycles. The van der Waals surface area contributed by atoms with Crippen molar-refractivity contribution in [3.63, 3.8) is 0 Å². The molecular weight excluding hydrogens is 503 g/mol. The number of pyridine rings is 1. The largest absolute Gasteiger partial charge is 0.444 e. The minimum Gasteiger partial charge on any atom is -0.444 e. The van der Waals surface area contributed by atoms with Gasteiger partial charge in [0, 0.05) is 62.2 Å². The molecule has 10 nitrogen and oxygen atoms in total. The summed E-state index contributed by atoms with van der Waals surface area (Å²) in [5.41, 5.74) is 2.46. The highest BCUT2D eigenvalue weighted by Crippen LogP contribution is 2.47. The average molecular weight is 537 g/mol. The van der Waals surface area contributed by atoms with Crippen molar-refractivity contribution in [2.45, 2.75) is 65.0 Å². The molecule has 2 aliphatic heterocycles. The number of piperazine rings is 1. The monoisotopic (exact) mass is 536 g/mol. The van der Waals surface area contributed by atoms with Crippen LogP contribution in [0.1, 0.15) is 50.6 Å². The summed E-state index contributed by atoms with van der Waals surface area (Å²) < 4.78 is 26.3. The number of nitrogens with zero attached hydrogens (tertiary/aromatic N) is 5. The van der Waals surface area contributed by atoms with Crippen molar-refractivity contribution in [2.75, 3.05) is 41.3 Å². The van der Waals surface area contributed by atoms with Crippen molar-refractivity contribution >= 4 is 40.4 Å². The number of anilines is 3. The number of carbonyl (C=O) groups is 2. The summed E-state index contributed by atoms with van der Waals surface area (Å²) in [6, 6.07) is 2.99. The van der Waals surface area contributed by atoms with E-state index in [1.54, 1.807) is 24.9 Å². The summed E-state index contributed by atoms with van der Waals surface area (Å²) in [4.78, 5) is 40.7. The first-order chi connectivity index (χ1) is 18.5. The minimum absolute atomic E-state index is 0.0414. The number of rotatable bonds is 2. The number of amides is 3. The lowest BCUT2D eigenvalue weighted by molar-refractivity contribution is 0.0106. The maximum Gasteiger partial charge on any atom is 0.410 e. The Morgan fingerprint density at radius 1 is 1.18 bits per heavy atom. The van der Waals surface area contributed by atoms with Crippen LogP contribution in [-0.4, -0.2) is 64.3 Å². The summed E-state index contributed by atoms with van der Waals surface area (Å²) in [6.07, 6.45) is 3.94. The molecule has 6 rings (SSSR count). The average Bonchev–Trinajstić information content (AvgIpc) is 3.30. The Kier molecular flexibility index (Phi) is 5.74. The van der Waals surface area contributed by atoms with E-state index in [0.29, 0.717) is 61.0 Å². The van der Waals surface area contributed by atoms with Crippen LogP contribution in [-0.2, 0) is 11.2 Å². The van der Waals surface area contributed by atoms with Crippen LogP contribution in [0.5, 0.6) is 0 Å². The molecule has 0 unspecified atom stereocenters. The normalized spacial score (nSPS) is 18.1. The Morgan fingerprint density at radius 3 is 2.67 bits per heavy atom. The highest BCUT2D eigenvalue weighted by atomic mass is 19.1. The van der Waals surface area contributed by atoms with Crippen LogP contribution in [0.15, 0.2) is 22.7 Å². The van der Waals surface area contributed by atoms with Gasteiger partial charge < -0.3 is 19.4 Å². The third-order valence-electron chi connectivity index (χ3n) is 7.73. The van der Waals surface area contributed by atoms with E-state index < -0.39 is 17.4 Å². The fourth-order valence-corrected chi connectivity index (χ4v) is 5.71. The minimum atomic E-state index is -0.540. The van der Waals surface area contributed by atoms with Crippen LogP contribution in [0.3, 0.4) is 0 Å². The zero-order valence-corrected chi connectivity index (χ0v) is 22.9. The number of halogens is 1. The number of fused-ring (bicyclic) bond motifs is 2. The first-order valence-electron chi connectivity index (χ1n) is 13.3. The van der Waals surface area contributed by atoms with Crippen molar-refractivity contribution < 1.29 is 23.1 Å². The van der Waals surface area contributed by atoms with Gasteiger partial charge in [-0.15, -0.1) is 0 Å². The van der Waals surface area contributed by atoms with Crippen molar-refractivity contribution in [3.05, 3.63) is 41.2 Å². The molecule has 39 heavy (non-hydrogen) atoms. The smallest absolute Gasteiger partial charge is 0.410 e. The van der Waals surface area contributed by atoms with E-state index in [4.69, 9.17) is 9.15 Å². The molecule has 1 saturated heterocycles. The van der Waals surface area contributed by atoms with E-state index in [2.05, 4.69) is 20.2 Å². The van der Waals surface area contributed by atoms with Gasteiger partial charge in [-0.05, 0) is 53.0 Å². The molecule has 11 heteroatoms. The van der Waals surface area contributed by atoms with Crippen LogP contribution in [0.2, 0.25) is 0 Å². The van der Waals surface area contributed by atoms with Gasteiger partial charge in [0.2, 0.25) is 0 Å². The van der Waals surface area contributed by atoms with Gasteiger partial charge in [0.15, 0.2) is 17.3 Å². The fourth-order valence-electron chi connectivity index (χ4n) is 5.71. The Hall–Kier alpha value is -3.89. The van der Waals surface area contributed by atoms with Crippen LogP contribution in [0.25, 0.3) is 11.1 Å². The lowest BCUT2D eigenvalue weighted by atomic mass is 10.1. The van der Waals surface area contributed by atoms with E-state index in [9.17, 15) is 9.59 Å². The molecule has 1 aromatic carbocycles. The molecule has 3 aromatic rings. The SMILES string of the molecule is Cc1nc2c(C)c(F)c(NC(=O)N3CCc4c(N5CCN(C(=O)OC(C)(C)C)C6(CC6)C5)ccnc43)cc2o1. The molecule has 2 fully saturated rings. The second-order valence-corrected chi connectivity index (χ2v) is 11.7. The number of aryl methyl sites for hydroxylation is 2. The molecule has 0 atom stereocenters. The van der Waals surface area contributed by atoms with E-state index in [0.717, 1.165) is 24.1 Å². The molecule has 1 spiro atoms. The number of aromatic nitrogens is 2. The number of oxazole rings is 1. The van der Waals surface area contributed by atoms with Gasteiger partial charge in [-0.1, -0.05) is 0 Å². The third kappa shape index (κ3) is 4.43. The lowest BCUT2D eigenvalue weighted by Gasteiger charge is -2.43.